The van der Waals surface area contributed by atoms with Gasteiger partial charge in [0.05, 0.1) is 17.9 Å². The summed E-state index contributed by atoms with van der Waals surface area (Å²) in [6.07, 6.45) is 9.12. The van der Waals surface area contributed by atoms with Crippen LogP contribution in [0.2, 0.25) is 0 Å². The van der Waals surface area contributed by atoms with Crippen molar-refractivity contribution in [3.05, 3.63) is 89.2 Å². The van der Waals surface area contributed by atoms with Crippen LogP contribution < -0.4 is 0 Å². The lowest BCUT2D eigenvalue weighted by molar-refractivity contribution is -0.117. The number of aliphatic hydroxyl groups is 1. The fourth-order valence-electron chi connectivity index (χ4n) is 5.52. The molecule has 0 amide bonds. The minimum atomic E-state index is -3.20. The van der Waals surface area contributed by atoms with Crippen molar-refractivity contribution in [1.29, 1.82) is 0 Å². The second-order valence-corrected chi connectivity index (χ2v) is 9.78. The van der Waals surface area contributed by atoms with Gasteiger partial charge in [0, 0.05) is 24.0 Å². The maximum absolute atomic E-state index is 14.7. The Labute approximate surface area is 203 Å². The van der Waals surface area contributed by atoms with Gasteiger partial charge in [0.2, 0.25) is 0 Å². The first-order valence-corrected chi connectivity index (χ1v) is 12.3. The van der Waals surface area contributed by atoms with Crippen molar-refractivity contribution in [2.24, 2.45) is 16.8 Å². The molecule has 35 heavy (non-hydrogen) atoms. The molecule has 3 atom stereocenters. The molecule has 182 valence electrons. The molecular formula is C29H29F2NO3. The van der Waals surface area contributed by atoms with Gasteiger partial charge in [-0.05, 0) is 61.8 Å². The van der Waals surface area contributed by atoms with Gasteiger partial charge in [0.1, 0.15) is 17.2 Å². The fraction of sp³-hybridized carbons (Fsp3) is 0.379. The van der Waals surface area contributed by atoms with Crippen LogP contribution in [0.4, 0.5) is 8.78 Å². The molecule has 3 unspecified atom stereocenters. The summed E-state index contributed by atoms with van der Waals surface area (Å²) in [5.41, 5.74) is 1.50. The number of rotatable bonds is 4. The number of ketones is 1. The highest BCUT2D eigenvalue weighted by Gasteiger charge is 2.44. The van der Waals surface area contributed by atoms with E-state index in [4.69, 9.17) is 4.42 Å². The monoisotopic (exact) mass is 477 g/mol. The number of aliphatic imine (C=N–C) groups is 1. The van der Waals surface area contributed by atoms with E-state index in [0.717, 1.165) is 39.0 Å². The van der Waals surface area contributed by atoms with Crippen molar-refractivity contribution in [3.63, 3.8) is 0 Å². The molecule has 0 spiro atoms. The smallest absolute Gasteiger partial charge is 0.272 e. The Kier molecular flexibility index (Phi) is 6.30. The molecule has 2 heterocycles. The van der Waals surface area contributed by atoms with Crippen LogP contribution in [0.15, 0.2) is 87.3 Å². The van der Waals surface area contributed by atoms with E-state index in [2.05, 4.69) is 17.1 Å². The topological polar surface area (TPSA) is 62.8 Å². The second-order valence-electron chi connectivity index (χ2n) is 9.78. The minimum Gasteiger partial charge on any atom is -0.510 e. The Morgan fingerprint density at radius 1 is 1.09 bits per heavy atom. The maximum Gasteiger partial charge on any atom is 0.272 e. The zero-order valence-corrected chi connectivity index (χ0v) is 19.7. The van der Waals surface area contributed by atoms with Crippen LogP contribution in [-0.2, 0) is 4.79 Å². The Balaban J connectivity index is 1.45. The lowest BCUT2D eigenvalue weighted by Gasteiger charge is -2.17. The number of benzene rings is 1. The predicted molar refractivity (Wildman–Crippen MR) is 131 cm³/mol. The normalized spacial score (nSPS) is 26.8. The zero-order valence-electron chi connectivity index (χ0n) is 19.7. The van der Waals surface area contributed by atoms with Crippen LogP contribution in [0.25, 0.3) is 5.57 Å². The molecule has 1 saturated carbocycles. The molecule has 0 saturated heterocycles. The van der Waals surface area contributed by atoms with Crippen LogP contribution in [-0.4, -0.2) is 22.5 Å². The molecule has 1 fully saturated rings. The third-order valence-electron chi connectivity index (χ3n) is 7.41. The third-order valence-corrected chi connectivity index (χ3v) is 7.41. The first kappa shape index (κ1) is 23.5. The van der Waals surface area contributed by atoms with E-state index < -0.39 is 11.8 Å². The number of aliphatic hydroxyl groups excluding tert-OH is 1. The van der Waals surface area contributed by atoms with Gasteiger partial charge in [-0.25, -0.2) is 13.8 Å². The quantitative estimate of drug-likeness (QED) is 0.283. The van der Waals surface area contributed by atoms with Crippen molar-refractivity contribution in [2.75, 3.05) is 0 Å². The number of hydrogen-bond donors (Lipinski definition) is 1. The fourth-order valence-corrected chi connectivity index (χ4v) is 5.52. The number of alkyl halides is 2. The molecule has 1 aromatic carbocycles. The summed E-state index contributed by atoms with van der Waals surface area (Å²) in [5.74, 6) is -3.78. The first-order valence-electron chi connectivity index (χ1n) is 12.3. The van der Waals surface area contributed by atoms with E-state index in [0.29, 0.717) is 17.3 Å². The van der Waals surface area contributed by atoms with E-state index in [1.165, 1.54) is 17.9 Å². The molecular weight excluding hydrogens is 448 g/mol. The number of Topliss-reactive ketones (excluding diaryl/α,β-unsaturated/α-hetero) is 1. The van der Waals surface area contributed by atoms with Crippen molar-refractivity contribution in [3.8, 4) is 0 Å². The van der Waals surface area contributed by atoms with Gasteiger partial charge in [0.25, 0.3) is 5.92 Å². The summed E-state index contributed by atoms with van der Waals surface area (Å²) >= 11 is 0. The van der Waals surface area contributed by atoms with Crippen LogP contribution in [0, 0.1) is 11.8 Å². The predicted octanol–water partition coefficient (Wildman–Crippen LogP) is 7.42. The number of carbonyl (C=O) groups excluding carboxylic acids is 1. The molecule has 1 N–H and O–H groups in total. The summed E-state index contributed by atoms with van der Waals surface area (Å²) in [6, 6.07) is 13.7. The highest BCUT2D eigenvalue weighted by atomic mass is 19.3. The van der Waals surface area contributed by atoms with Crippen LogP contribution in [0.3, 0.4) is 0 Å². The van der Waals surface area contributed by atoms with Crippen molar-refractivity contribution >= 4 is 17.1 Å². The number of carbonyl (C=O) groups is 1. The molecule has 1 aromatic heterocycles. The summed E-state index contributed by atoms with van der Waals surface area (Å²) in [7, 11) is 0. The molecule has 0 bridgehead atoms. The lowest BCUT2D eigenvalue weighted by Crippen LogP contribution is -2.27. The van der Waals surface area contributed by atoms with Crippen molar-refractivity contribution in [1.82, 2.24) is 0 Å². The van der Waals surface area contributed by atoms with Gasteiger partial charge in [-0.3, -0.25) is 4.79 Å². The Hall–Kier alpha value is -3.28. The molecule has 2 aromatic rings. The number of halogens is 2. The summed E-state index contributed by atoms with van der Waals surface area (Å²) in [6.45, 7) is 0.810. The van der Waals surface area contributed by atoms with Gasteiger partial charge in [-0.2, -0.15) is 0 Å². The van der Waals surface area contributed by atoms with Crippen LogP contribution >= 0.6 is 0 Å². The van der Waals surface area contributed by atoms with Gasteiger partial charge < -0.3 is 9.52 Å². The highest BCUT2D eigenvalue weighted by molar-refractivity contribution is 6.25. The van der Waals surface area contributed by atoms with E-state index in [1.807, 2.05) is 18.2 Å². The van der Waals surface area contributed by atoms with E-state index in [-0.39, 0.29) is 40.9 Å². The minimum absolute atomic E-state index is 0.0432. The molecule has 4 nitrogen and oxygen atoms in total. The highest BCUT2D eigenvalue weighted by Crippen LogP contribution is 2.42. The van der Waals surface area contributed by atoms with E-state index in [1.54, 1.807) is 18.2 Å². The first-order chi connectivity index (χ1) is 16.8. The Bertz CT molecular complexity index is 1220. The van der Waals surface area contributed by atoms with Gasteiger partial charge in [-0.1, -0.05) is 42.8 Å². The molecule has 5 rings (SSSR count). The number of hydrogen-bond acceptors (Lipinski definition) is 4. The largest absolute Gasteiger partial charge is 0.510 e. The summed E-state index contributed by atoms with van der Waals surface area (Å²) < 4.78 is 34.8. The number of nitrogens with zero attached hydrogens (tertiary/aromatic N) is 1. The van der Waals surface area contributed by atoms with Crippen molar-refractivity contribution < 1.29 is 23.1 Å². The third kappa shape index (κ3) is 4.66. The average molecular weight is 478 g/mol. The summed E-state index contributed by atoms with van der Waals surface area (Å²) in [5, 5.41) is 11.1. The number of furan rings is 1. The Morgan fingerprint density at radius 2 is 1.89 bits per heavy atom. The van der Waals surface area contributed by atoms with Gasteiger partial charge in [-0.15, -0.1) is 0 Å². The Morgan fingerprint density at radius 3 is 2.60 bits per heavy atom. The maximum atomic E-state index is 14.7. The zero-order chi connectivity index (χ0) is 24.6. The number of fused-ring (bicyclic) bond motifs is 1. The molecule has 1 aliphatic heterocycles. The van der Waals surface area contributed by atoms with E-state index >= 15 is 0 Å². The summed E-state index contributed by atoms with van der Waals surface area (Å²) in [4.78, 5) is 17.7. The lowest BCUT2D eigenvalue weighted by atomic mass is 9.88. The molecule has 2 aliphatic carbocycles. The number of allylic oxidation sites excluding steroid dienone is 6. The molecule has 3 aliphatic rings. The van der Waals surface area contributed by atoms with Crippen LogP contribution in [0.1, 0.15) is 62.7 Å². The van der Waals surface area contributed by atoms with Gasteiger partial charge >= 0.3 is 0 Å². The van der Waals surface area contributed by atoms with Crippen LogP contribution in [0.5, 0.6) is 0 Å². The molecule has 6 heteroatoms. The second kappa shape index (κ2) is 9.40. The SMILES string of the molecule is CC(F)(F)C1=CC(c2ccco2)=CCC2C(=O)C(=C(O)C3CCCC(c4ccccc4)CC3)N=C12. The average Bonchev–Trinajstić information content (AvgIpc) is 3.33. The molecule has 0 radical (unpaired) electrons. The van der Waals surface area contributed by atoms with Gasteiger partial charge in [0.15, 0.2) is 5.78 Å². The van der Waals surface area contributed by atoms with Crippen molar-refractivity contribution in [2.45, 2.75) is 57.3 Å². The standard InChI is InChI=1S/C29H29F2NO3/c1-29(30,31)23-17-21(24-11-6-16-35-24)14-15-22-25(23)32-26(28(22)34)27(33)20-10-5-9-19(12-13-20)18-7-3-2-4-8-18/h2-4,6-8,11,14,16-17,19-20,22,33H,5,9-10,12-13,15H2,1H3. The van der Waals surface area contributed by atoms with E-state index in [9.17, 15) is 18.7 Å².